The number of likely N-dealkylation sites (tertiary alicyclic amines) is 1. The predicted octanol–water partition coefficient (Wildman–Crippen LogP) is 1.36. The van der Waals surface area contributed by atoms with Gasteiger partial charge in [0.05, 0.1) is 30.6 Å². The van der Waals surface area contributed by atoms with E-state index in [1.54, 1.807) is 0 Å². The minimum atomic E-state index is -1.02. The smallest absolute Gasteiger partial charge is 0.245 e. The Morgan fingerprint density at radius 1 is 1.21 bits per heavy atom. The van der Waals surface area contributed by atoms with Crippen molar-refractivity contribution in [2.75, 3.05) is 13.2 Å². The molecule has 2 unspecified atom stereocenters. The molecule has 0 saturated carbocycles. The lowest BCUT2D eigenvalue weighted by Gasteiger charge is -2.36. The van der Waals surface area contributed by atoms with Gasteiger partial charge >= 0.3 is 0 Å². The first-order valence-corrected chi connectivity index (χ1v) is 12.2. The molecule has 3 aliphatic heterocycles. The minimum Gasteiger partial charge on any atom is -0.394 e. The normalized spacial score (nSPS) is 30.9. The number of fused-ring (bicyclic) bond motifs is 1. The SMILES string of the molecule is CCCCNC(=O)C1N([C@@H](CC)CO)C(=O)[C@@H]2[C@@H](C(=O)NCc3ccccc3)[C@H]3CCC12O3. The van der Waals surface area contributed by atoms with Gasteiger partial charge in [0.1, 0.15) is 11.6 Å². The van der Waals surface area contributed by atoms with Crippen LogP contribution in [0.25, 0.3) is 0 Å². The van der Waals surface area contributed by atoms with Crippen LogP contribution in [0.5, 0.6) is 0 Å². The highest BCUT2D eigenvalue weighted by Gasteiger charge is 2.74. The van der Waals surface area contributed by atoms with E-state index >= 15 is 0 Å². The average Bonchev–Trinajstić information content (AvgIpc) is 3.47. The van der Waals surface area contributed by atoms with Crippen LogP contribution < -0.4 is 10.6 Å². The molecule has 1 spiro atoms. The molecule has 33 heavy (non-hydrogen) atoms. The van der Waals surface area contributed by atoms with Crippen LogP contribution >= 0.6 is 0 Å². The minimum absolute atomic E-state index is 0.215. The highest BCUT2D eigenvalue weighted by molar-refractivity contribution is 5.99. The maximum absolute atomic E-state index is 13.7. The Morgan fingerprint density at radius 2 is 1.97 bits per heavy atom. The number of nitrogens with zero attached hydrogens (tertiary/aromatic N) is 1. The number of ether oxygens (including phenoxy) is 1. The Bertz CT molecular complexity index is 874. The van der Waals surface area contributed by atoms with E-state index in [9.17, 15) is 19.5 Å². The maximum Gasteiger partial charge on any atom is 0.245 e. The van der Waals surface area contributed by atoms with Gasteiger partial charge in [-0.1, -0.05) is 50.6 Å². The number of carbonyl (C=O) groups is 3. The molecule has 1 aromatic carbocycles. The lowest BCUT2D eigenvalue weighted by Crippen LogP contribution is -2.58. The van der Waals surface area contributed by atoms with Crippen molar-refractivity contribution in [3.63, 3.8) is 0 Å². The van der Waals surface area contributed by atoms with Crippen LogP contribution in [0.1, 0.15) is 51.5 Å². The standard InChI is InChI=1S/C25H35N3O5/c1-3-5-13-26-23(31)21-25-12-11-18(33-25)19(20(25)24(32)28(21)17(4-2)15-29)22(30)27-14-16-9-7-6-8-10-16/h6-10,17-21,29H,3-5,11-15H2,1-2H3,(H,26,31)(H,27,30)/t17-,18+,19-,20-,21?,25?/m0/s1. The molecule has 1 aromatic rings. The van der Waals surface area contributed by atoms with Crippen LogP contribution in [-0.2, 0) is 25.7 Å². The molecule has 0 radical (unpaired) electrons. The molecule has 180 valence electrons. The topological polar surface area (TPSA) is 108 Å². The van der Waals surface area contributed by atoms with Crippen molar-refractivity contribution >= 4 is 17.7 Å². The van der Waals surface area contributed by atoms with E-state index in [0.29, 0.717) is 32.4 Å². The van der Waals surface area contributed by atoms with E-state index < -0.39 is 29.5 Å². The monoisotopic (exact) mass is 457 g/mol. The first-order chi connectivity index (χ1) is 16.0. The summed E-state index contributed by atoms with van der Waals surface area (Å²) in [4.78, 5) is 41.9. The van der Waals surface area contributed by atoms with Gasteiger partial charge in [0.2, 0.25) is 17.7 Å². The summed E-state index contributed by atoms with van der Waals surface area (Å²) in [5.74, 6) is -2.07. The quantitative estimate of drug-likeness (QED) is 0.460. The summed E-state index contributed by atoms with van der Waals surface area (Å²) in [5.41, 5.74) is -0.0430. The molecule has 3 aliphatic rings. The van der Waals surface area contributed by atoms with Crippen molar-refractivity contribution in [2.24, 2.45) is 11.8 Å². The third-order valence-corrected chi connectivity index (χ3v) is 7.50. The molecule has 3 fully saturated rings. The number of aliphatic hydroxyl groups excluding tert-OH is 1. The zero-order valence-electron chi connectivity index (χ0n) is 19.5. The highest BCUT2D eigenvalue weighted by Crippen LogP contribution is 2.58. The Kier molecular flexibility index (Phi) is 7.05. The number of benzene rings is 1. The first-order valence-electron chi connectivity index (χ1n) is 12.2. The van der Waals surface area contributed by atoms with E-state index in [1.807, 2.05) is 44.2 Å². The van der Waals surface area contributed by atoms with Crippen molar-refractivity contribution in [2.45, 2.75) is 76.3 Å². The number of amides is 3. The molecule has 0 aliphatic carbocycles. The Morgan fingerprint density at radius 3 is 2.64 bits per heavy atom. The fraction of sp³-hybridized carbons (Fsp3) is 0.640. The zero-order chi connectivity index (χ0) is 23.6. The lowest BCUT2D eigenvalue weighted by molar-refractivity contribution is -0.145. The molecule has 3 amide bonds. The number of carbonyl (C=O) groups excluding carboxylic acids is 3. The van der Waals surface area contributed by atoms with E-state index in [2.05, 4.69) is 10.6 Å². The summed E-state index contributed by atoms with van der Waals surface area (Å²) in [5, 5.41) is 15.9. The number of unbranched alkanes of at least 4 members (excludes halogenated alkanes) is 1. The van der Waals surface area contributed by atoms with Crippen molar-refractivity contribution in [3.8, 4) is 0 Å². The van der Waals surface area contributed by atoms with Crippen molar-refractivity contribution in [3.05, 3.63) is 35.9 Å². The Hall–Kier alpha value is -2.45. The molecule has 2 bridgehead atoms. The molecular formula is C25H35N3O5. The van der Waals surface area contributed by atoms with Gasteiger partial charge in [0.25, 0.3) is 0 Å². The second-order valence-electron chi connectivity index (χ2n) is 9.39. The summed E-state index contributed by atoms with van der Waals surface area (Å²) >= 11 is 0. The summed E-state index contributed by atoms with van der Waals surface area (Å²) < 4.78 is 6.38. The zero-order valence-corrected chi connectivity index (χ0v) is 19.5. The van der Waals surface area contributed by atoms with Crippen molar-refractivity contribution in [1.29, 1.82) is 0 Å². The average molecular weight is 458 g/mol. The van der Waals surface area contributed by atoms with Crippen molar-refractivity contribution in [1.82, 2.24) is 15.5 Å². The maximum atomic E-state index is 13.7. The molecule has 3 N–H and O–H groups in total. The first kappa shape index (κ1) is 23.7. The van der Waals surface area contributed by atoms with Crippen LogP contribution in [0, 0.1) is 11.8 Å². The highest BCUT2D eigenvalue weighted by atomic mass is 16.5. The van der Waals surface area contributed by atoms with Gasteiger partial charge in [-0.25, -0.2) is 0 Å². The third kappa shape index (κ3) is 4.04. The van der Waals surface area contributed by atoms with Crippen LogP contribution in [0.4, 0.5) is 0 Å². The molecule has 4 rings (SSSR count). The second-order valence-corrected chi connectivity index (χ2v) is 9.39. The fourth-order valence-electron chi connectivity index (χ4n) is 5.89. The number of hydrogen-bond acceptors (Lipinski definition) is 5. The molecule has 0 aromatic heterocycles. The molecule has 6 atom stereocenters. The summed E-state index contributed by atoms with van der Waals surface area (Å²) in [6.45, 7) is 4.59. The van der Waals surface area contributed by atoms with Gasteiger partial charge in [-0.15, -0.1) is 0 Å². The second kappa shape index (κ2) is 9.81. The van der Waals surface area contributed by atoms with E-state index in [0.717, 1.165) is 18.4 Å². The van der Waals surface area contributed by atoms with Crippen LogP contribution in [0.15, 0.2) is 30.3 Å². The third-order valence-electron chi connectivity index (χ3n) is 7.50. The molecule has 3 heterocycles. The number of rotatable bonds is 10. The van der Waals surface area contributed by atoms with Crippen molar-refractivity contribution < 1.29 is 24.2 Å². The number of nitrogens with one attached hydrogen (secondary N) is 2. The van der Waals surface area contributed by atoms with Crippen LogP contribution in [-0.4, -0.2) is 64.7 Å². The molecule has 8 nitrogen and oxygen atoms in total. The molecular weight excluding hydrogens is 422 g/mol. The van der Waals surface area contributed by atoms with Gasteiger partial charge in [0, 0.05) is 13.1 Å². The van der Waals surface area contributed by atoms with E-state index in [4.69, 9.17) is 4.74 Å². The van der Waals surface area contributed by atoms with Crippen LogP contribution in [0.3, 0.4) is 0 Å². The van der Waals surface area contributed by atoms with Gasteiger partial charge in [-0.2, -0.15) is 0 Å². The van der Waals surface area contributed by atoms with Crippen LogP contribution in [0.2, 0.25) is 0 Å². The summed E-state index contributed by atoms with van der Waals surface area (Å²) in [6.07, 6.45) is 3.11. The van der Waals surface area contributed by atoms with Gasteiger partial charge < -0.3 is 25.4 Å². The Labute approximate surface area is 195 Å². The molecule has 3 saturated heterocycles. The molecule has 8 heteroatoms. The summed E-state index contributed by atoms with van der Waals surface area (Å²) in [7, 11) is 0. The van der Waals surface area contributed by atoms with Gasteiger partial charge in [0.15, 0.2) is 0 Å². The number of aliphatic hydroxyl groups is 1. The fourth-order valence-corrected chi connectivity index (χ4v) is 5.89. The Balaban J connectivity index is 1.60. The number of hydrogen-bond donors (Lipinski definition) is 3. The van der Waals surface area contributed by atoms with Gasteiger partial charge in [-0.05, 0) is 31.2 Å². The van der Waals surface area contributed by atoms with Gasteiger partial charge in [-0.3, -0.25) is 14.4 Å². The van der Waals surface area contributed by atoms with E-state index in [1.165, 1.54) is 4.90 Å². The predicted molar refractivity (Wildman–Crippen MR) is 122 cm³/mol. The lowest BCUT2D eigenvalue weighted by atomic mass is 9.70. The largest absolute Gasteiger partial charge is 0.394 e. The van der Waals surface area contributed by atoms with E-state index in [-0.39, 0.29) is 30.4 Å². The summed E-state index contributed by atoms with van der Waals surface area (Å²) in [6, 6.07) is 8.29.